The van der Waals surface area contributed by atoms with Crippen LogP contribution in [0.2, 0.25) is 0 Å². The molecule has 0 saturated carbocycles. The fourth-order valence-corrected chi connectivity index (χ4v) is 3.24. The van der Waals surface area contributed by atoms with Gasteiger partial charge in [-0.15, -0.1) is 11.3 Å². The van der Waals surface area contributed by atoms with Crippen molar-refractivity contribution in [2.24, 2.45) is 0 Å². The average Bonchev–Trinajstić information content (AvgIpc) is 2.93. The van der Waals surface area contributed by atoms with Crippen LogP contribution < -0.4 is 10.1 Å². The van der Waals surface area contributed by atoms with E-state index in [0.717, 1.165) is 10.4 Å². The van der Waals surface area contributed by atoms with E-state index in [9.17, 15) is 14.4 Å². The number of benzene rings is 1. The summed E-state index contributed by atoms with van der Waals surface area (Å²) in [6.07, 6.45) is 0. The van der Waals surface area contributed by atoms with Crippen LogP contribution >= 0.6 is 11.3 Å². The van der Waals surface area contributed by atoms with Gasteiger partial charge >= 0.3 is 11.9 Å². The van der Waals surface area contributed by atoms with E-state index >= 15 is 0 Å². The summed E-state index contributed by atoms with van der Waals surface area (Å²) >= 11 is 1.27. The van der Waals surface area contributed by atoms with Crippen molar-refractivity contribution in [2.75, 3.05) is 25.1 Å². The van der Waals surface area contributed by atoms with Gasteiger partial charge in [0, 0.05) is 4.88 Å². The summed E-state index contributed by atoms with van der Waals surface area (Å²) in [5, 5.41) is 2.98. The first-order valence-corrected chi connectivity index (χ1v) is 9.14. The smallest absolute Gasteiger partial charge is 0.344 e. The molecule has 1 amide bonds. The Morgan fingerprint density at radius 1 is 1.04 bits per heavy atom. The molecule has 8 heteroatoms. The molecule has 0 saturated heterocycles. The van der Waals surface area contributed by atoms with E-state index in [1.165, 1.54) is 11.3 Å². The Hall–Kier alpha value is -2.87. The Morgan fingerprint density at radius 2 is 1.74 bits per heavy atom. The molecule has 0 fully saturated rings. The highest BCUT2D eigenvalue weighted by Gasteiger charge is 2.22. The molecule has 1 aromatic heterocycles. The number of para-hydroxylation sites is 1. The van der Waals surface area contributed by atoms with Gasteiger partial charge in [-0.1, -0.05) is 18.2 Å². The number of amides is 1. The van der Waals surface area contributed by atoms with E-state index in [1.807, 2.05) is 13.0 Å². The Bertz CT molecular complexity index is 815. The van der Waals surface area contributed by atoms with Crippen LogP contribution in [0.1, 0.15) is 27.7 Å². The molecule has 27 heavy (non-hydrogen) atoms. The van der Waals surface area contributed by atoms with Gasteiger partial charge in [-0.25, -0.2) is 9.59 Å². The molecule has 0 atom stereocenters. The summed E-state index contributed by atoms with van der Waals surface area (Å²) in [7, 11) is 0. The lowest BCUT2D eigenvalue weighted by Crippen LogP contribution is -2.24. The van der Waals surface area contributed by atoms with Crippen LogP contribution in [0, 0.1) is 13.8 Å². The van der Waals surface area contributed by atoms with Crippen LogP contribution in [-0.2, 0) is 19.1 Å². The first kappa shape index (κ1) is 20.4. The summed E-state index contributed by atoms with van der Waals surface area (Å²) < 4.78 is 15.2. The number of nitrogens with one attached hydrogen (secondary N) is 1. The van der Waals surface area contributed by atoms with Crippen LogP contribution in [0.15, 0.2) is 30.3 Å². The monoisotopic (exact) mass is 391 g/mol. The molecule has 0 bridgehead atoms. The summed E-state index contributed by atoms with van der Waals surface area (Å²) in [5.41, 5.74) is 1.08. The fourth-order valence-electron chi connectivity index (χ4n) is 2.17. The number of thiophene rings is 1. The second-order valence-corrected chi connectivity index (χ2v) is 6.74. The lowest BCUT2D eigenvalue weighted by atomic mass is 10.1. The number of ether oxygens (including phenoxy) is 3. The standard InChI is InChI=1S/C19H21NO6S/c1-4-24-19(23)17-12(2)13(3)27-18(17)20-15(21)10-26-16(22)11-25-14-8-6-5-7-9-14/h5-9H,4,10-11H2,1-3H3,(H,20,21). The number of carbonyl (C=O) groups is 3. The SMILES string of the molecule is CCOC(=O)c1c(NC(=O)COC(=O)COc2ccccc2)sc(C)c1C. The maximum absolute atomic E-state index is 12.1. The third kappa shape index (κ3) is 5.82. The maximum Gasteiger partial charge on any atom is 0.344 e. The third-order valence-electron chi connectivity index (χ3n) is 3.58. The van der Waals surface area contributed by atoms with Crippen molar-refractivity contribution in [2.45, 2.75) is 20.8 Å². The molecule has 0 unspecified atom stereocenters. The van der Waals surface area contributed by atoms with Crippen molar-refractivity contribution in [3.63, 3.8) is 0 Å². The van der Waals surface area contributed by atoms with Gasteiger partial charge in [0.15, 0.2) is 13.2 Å². The Labute approximate surface area is 161 Å². The minimum absolute atomic E-state index is 0.236. The number of esters is 2. The molecule has 1 aromatic carbocycles. The Morgan fingerprint density at radius 3 is 2.41 bits per heavy atom. The van der Waals surface area contributed by atoms with E-state index in [2.05, 4.69) is 5.32 Å². The van der Waals surface area contributed by atoms with Crippen molar-refractivity contribution >= 4 is 34.2 Å². The van der Waals surface area contributed by atoms with E-state index in [0.29, 0.717) is 16.3 Å². The topological polar surface area (TPSA) is 90.9 Å². The normalized spacial score (nSPS) is 10.2. The van der Waals surface area contributed by atoms with Gasteiger partial charge in [0.25, 0.3) is 5.91 Å². The quantitative estimate of drug-likeness (QED) is 0.696. The molecule has 1 N–H and O–H groups in total. The Kier molecular flexibility index (Phi) is 7.36. The molecule has 0 aliphatic heterocycles. The highest BCUT2D eigenvalue weighted by molar-refractivity contribution is 7.16. The summed E-state index contributed by atoms with van der Waals surface area (Å²) in [6, 6.07) is 8.80. The zero-order chi connectivity index (χ0) is 19.8. The number of carbonyl (C=O) groups excluding carboxylic acids is 3. The van der Waals surface area contributed by atoms with Gasteiger partial charge in [-0.3, -0.25) is 4.79 Å². The Balaban J connectivity index is 1.87. The van der Waals surface area contributed by atoms with Crippen molar-refractivity contribution < 1.29 is 28.6 Å². The molecule has 144 valence electrons. The van der Waals surface area contributed by atoms with Crippen molar-refractivity contribution in [3.8, 4) is 5.75 Å². The molecule has 0 radical (unpaired) electrons. The minimum atomic E-state index is -0.668. The first-order valence-electron chi connectivity index (χ1n) is 8.32. The van der Waals surface area contributed by atoms with E-state index < -0.39 is 24.5 Å². The molecule has 0 aliphatic rings. The number of hydrogen-bond donors (Lipinski definition) is 1. The largest absolute Gasteiger partial charge is 0.482 e. The summed E-state index contributed by atoms with van der Waals surface area (Å²) in [6.45, 7) is 4.80. The third-order valence-corrected chi connectivity index (χ3v) is 4.70. The van der Waals surface area contributed by atoms with Crippen molar-refractivity contribution in [3.05, 3.63) is 46.3 Å². The predicted molar refractivity (Wildman–Crippen MR) is 101 cm³/mol. The second kappa shape index (κ2) is 9.72. The average molecular weight is 391 g/mol. The molecule has 1 heterocycles. The molecule has 0 spiro atoms. The zero-order valence-electron chi connectivity index (χ0n) is 15.4. The molecule has 2 rings (SSSR count). The summed E-state index contributed by atoms with van der Waals surface area (Å²) in [5.74, 6) is -1.18. The zero-order valence-corrected chi connectivity index (χ0v) is 16.2. The highest BCUT2D eigenvalue weighted by Crippen LogP contribution is 2.33. The van der Waals surface area contributed by atoms with Crippen LogP contribution in [0.25, 0.3) is 0 Å². The first-order chi connectivity index (χ1) is 12.9. The number of rotatable bonds is 8. The maximum atomic E-state index is 12.1. The van der Waals surface area contributed by atoms with Gasteiger partial charge in [0.05, 0.1) is 12.2 Å². The van der Waals surface area contributed by atoms with E-state index in [-0.39, 0.29) is 13.2 Å². The van der Waals surface area contributed by atoms with Gasteiger partial charge in [-0.2, -0.15) is 0 Å². The molecule has 7 nitrogen and oxygen atoms in total. The lowest BCUT2D eigenvalue weighted by Gasteiger charge is -2.08. The molecular formula is C19H21NO6S. The van der Waals surface area contributed by atoms with Crippen LogP contribution in [0.5, 0.6) is 5.75 Å². The molecular weight excluding hydrogens is 370 g/mol. The lowest BCUT2D eigenvalue weighted by molar-refractivity contribution is -0.149. The van der Waals surface area contributed by atoms with Gasteiger partial charge in [0.1, 0.15) is 10.8 Å². The minimum Gasteiger partial charge on any atom is -0.482 e. The highest BCUT2D eigenvalue weighted by atomic mass is 32.1. The number of aryl methyl sites for hydroxylation is 1. The predicted octanol–water partition coefficient (Wildman–Crippen LogP) is 3.10. The van der Waals surface area contributed by atoms with Crippen LogP contribution in [0.4, 0.5) is 5.00 Å². The van der Waals surface area contributed by atoms with Gasteiger partial charge < -0.3 is 19.5 Å². The van der Waals surface area contributed by atoms with E-state index in [4.69, 9.17) is 14.2 Å². The van der Waals surface area contributed by atoms with Crippen LogP contribution in [-0.4, -0.2) is 37.7 Å². The molecule has 2 aromatic rings. The van der Waals surface area contributed by atoms with E-state index in [1.54, 1.807) is 38.1 Å². The summed E-state index contributed by atoms with van der Waals surface area (Å²) in [4.78, 5) is 36.8. The fraction of sp³-hybridized carbons (Fsp3) is 0.316. The van der Waals surface area contributed by atoms with Gasteiger partial charge in [0.2, 0.25) is 0 Å². The van der Waals surface area contributed by atoms with Crippen molar-refractivity contribution in [1.82, 2.24) is 0 Å². The van der Waals surface area contributed by atoms with Crippen LogP contribution in [0.3, 0.4) is 0 Å². The second-order valence-electron chi connectivity index (χ2n) is 5.52. The molecule has 0 aliphatic carbocycles. The van der Waals surface area contributed by atoms with Crippen molar-refractivity contribution in [1.29, 1.82) is 0 Å². The van der Waals surface area contributed by atoms with Gasteiger partial charge in [-0.05, 0) is 38.5 Å². The number of anilines is 1. The number of hydrogen-bond acceptors (Lipinski definition) is 7.